The van der Waals surface area contributed by atoms with Gasteiger partial charge >= 0.3 is 0 Å². The molecule has 3 rings (SSSR count). The number of benzene rings is 2. The number of aliphatic hydroxyl groups excluding tert-OH is 1. The first-order chi connectivity index (χ1) is 9.86. The molecule has 1 saturated heterocycles. The molecule has 2 nitrogen and oxygen atoms in total. The lowest BCUT2D eigenvalue weighted by atomic mass is 10.0. The van der Waals surface area contributed by atoms with Crippen LogP contribution in [0.5, 0.6) is 0 Å². The van der Waals surface area contributed by atoms with Crippen LogP contribution in [0.1, 0.15) is 18.4 Å². The van der Waals surface area contributed by atoms with Gasteiger partial charge in [0.2, 0.25) is 0 Å². The summed E-state index contributed by atoms with van der Waals surface area (Å²) in [4.78, 5) is 2.39. The highest BCUT2D eigenvalue weighted by Gasteiger charge is 2.23. The van der Waals surface area contributed by atoms with Crippen LogP contribution in [0.4, 0.5) is 0 Å². The highest BCUT2D eigenvalue weighted by atomic mass is 16.3. The Morgan fingerprint density at radius 1 is 0.950 bits per heavy atom. The van der Waals surface area contributed by atoms with Crippen molar-refractivity contribution in [1.29, 1.82) is 0 Å². The van der Waals surface area contributed by atoms with Crippen LogP contribution in [0.3, 0.4) is 0 Å². The smallest absolute Gasteiger partial charge is 0.0587 e. The molecule has 0 bridgehead atoms. The summed E-state index contributed by atoms with van der Waals surface area (Å²) in [5.41, 5.74) is 3.84. The molecular weight excluding hydrogens is 246 g/mol. The first kappa shape index (κ1) is 13.3. The van der Waals surface area contributed by atoms with Crippen LogP contribution in [0.2, 0.25) is 0 Å². The standard InChI is InChI=1S/C18H21NO/c20-14-18-7-4-12-19(18)13-15-8-10-17(11-9-15)16-5-2-1-3-6-16/h1-3,5-6,8-11,18,20H,4,7,12-14H2. The molecule has 0 saturated carbocycles. The van der Waals surface area contributed by atoms with Gasteiger partial charge in [0, 0.05) is 12.6 Å². The van der Waals surface area contributed by atoms with E-state index in [1.54, 1.807) is 0 Å². The van der Waals surface area contributed by atoms with E-state index in [1.807, 2.05) is 6.07 Å². The lowest BCUT2D eigenvalue weighted by Crippen LogP contribution is -2.31. The van der Waals surface area contributed by atoms with Crippen molar-refractivity contribution in [2.75, 3.05) is 13.2 Å². The third-order valence-corrected chi connectivity index (χ3v) is 4.16. The first-order valence-electron chi connectivity index (χ1n) is 7.36. The van der Waals surface area contributed by atoms with E-state index in [0.29, 0.717) is 6.04 Å². The Kier molecular flexibility index (Phi) is 4.14. The Hall–Kier alpha value is -1.64. The maximum absolute atomic E-state index is 9.37. The van der Waals surface area contributed by atoms with E-state index in [0.717, 1.165) is 19.5 Å². The predicted octanol–water partition coefficient (Wildman–Crippen LogP) is 3.31. The molecule has 2 aromatic carbocycles. The molecule has 0 aromatic heterocycles. The zero-order valence-corrected chi connectivity index (χ0v) is 11.7. The van der Waals surface area contributed by atoms with Gasteiger partial charge in [-0.05, 0) is 36.1 Å². The SMILES string of the molecule is OCC1CCCN1Cc1ccc(-c2ccccc2)cc1. The number of aliphatic hydroxyl groups is 1. The largest absolute Gasteiger partial charge is 0.395 e. The number of likely N-dealkylation sites (tertiary alicyclic amines) is 1. The van der Waals surface area contributed by atoms with Gasteiger partial charge in [-0.15, -0.1) is 0 Å². The van der Waals surface area contributed by atoms with Crippen LogP contribution < -0.4 is 0 Å². The third-order valence-electron chi connectivity index (χ3n) is 4.16. The lowest BCUT2D eigenvalue weighted by Gasteiger charge is -2.22. The summed E-state index contributed by atoms with van der Waals surface area (Å²) < 4.78 is 0. The fourth-order valence-corrected chi connectivity index (χ4v) is 2.98. The molecule has 20 heavy (non-hydrogen) atoms. The molecule has 0 amide bonds. The third kappa shape index (κ3) is 2.92. The number of rotatable bonds is 4. The van der Waals surface area contributed by atoms with Crippen LogP contribution in [0.25, 0.3) is 11.1 Å². The van der Waals surface area contributed by atoms with E-state index in [-0.39, 0.29) is 6.61 Å². The van der Waals surface area contributed by atoms with Gasteiger partial charge in [0.1, 0.15) is 0 Å². The lowest BCUT2D eigenvalue weighted by molar-refractivity contribution is 0.153. The predicted molar refractivity (Wildman–Crippen MR) is 82.4 cm³/mol. The molecule has 0 spiro atoms. The number of hydrogen-bond donors (Lipinski definition) is 1. The Morgan fingerprint density at radius 2 is 1.65 bits per heavy atom. The fraction of sp³-hybridized carbons (Fsp3) is 0.333. The molecule has 1 aliphatic heterocycles. The van der Waals surface area contributed by atoms with Gasteiger partial charge in [0.15, 0.2) is 0 Å². The molecule has 104 valence electrons. The Labute approximate surface area is 120 Å². The van der Waals surface area contributed by atoms with Gasteiger partial charge in [-0.25, -0.2) is 0 Å². The Morgan fingerprint density at radius 3 is 2.35 bits per heavy atom. The van der Waals surface area contributed by atoms with E-state index < -0.39 is 0 Å². The molecule has 1 heterocycles. The van der Waals surface area contributed by atoms with Crippen molar-refractivity contribution < 1.29 is 5.11 Å². The number of hydrogen-bond acceptors (Lipinski definition) is 2. The molecule has 1 aliphatic rings. The summed E-state index contributed by atoms with van der Waals surface area (Å²) in [6, 6.07) is 19.6. The second-order valence-corrected chi connectivity index (χ2v) is 5.51. The minimum absolute atomic E-state index is 0.280. The van der Waals surface area contributed by atoms with Crippen molar-refractivity contribution in [3.05, 3.63) is 60.2 Å². The van der Waals surface area contributed by atoms with Crippen LogP contribution in [-0.4, -0.2) is 29.2 Å². The zero-order valence-electron chi connectivity index (χ0n) is 11.7. The highest BCUT2D eigenvalue weighted by Crippen LogP contribution is 2.22. The maximum atomic E-state index is 9.37. The summed E-state index contributed by atoms with van der Waals surface area (Å²) in [5, 5.41) is 9.37. The topological polar surface area (TPSA) is 23.5 Å². The molecule has 1 N–H and O–H groups in total. The van der Waals surface area contributed by atoms with Gasteiger partial charge in [0.05, 0.1) is 6.61 Å². The van der Waals surface area contributed by atoms with Crippen LogP contribution >= 0.6 is 0 Å². The van der Waals surface area contributed by atoms with E-state index in [4.69, 9.17) is 0 Å². The van der Waals surface area contributed by atoms with E-state index in [9.17, 15) is 5.11 Å². The molecule has 0 aliphatic carbocycles. The minimum atomic E-state index is 0.280. The summed E-state index contributed by atoms with van der Waals surface area (Å²) in [6.45, 7) is 2.33. The minimum Gasteiger partial charge on any atom is -0.395 e. The van der Waals surface area contributed by atoms with Gasteiger partial charge in [-0.3, -0.25) is 4.90 Å². The van der Waals surface area contributed by atoms with Gasteiger partial charge in [-0.2, -0.15) is 0 Å². The first-order valence-corrected chi connectivity index (χ1v) is 7.36. The zero-order chi connectivity index (χ0) is 13.8. The van der Waals surface area contributed by atoms with Gasteiger partial charge in [0.25, 0.3) is 0 Å². The fourth-order valence-electron chi connectivity index (χ4n) is 2.98. The molecule has 2 aromatic rings. The van der Waals surface area contributed by atoms with Crippen molar-refractivity contribution in [2.45, 2.75) is 25.4 Å². The van der Waals surface area contributed by atoms with E-state index in [1.165, 1.54) is 23.1 Å². The summed E-state index contributed by atoms with van der Waals surface area (Å²) >= 11 is 0. The molecular formula is C18H21NO. The second-order valence-electron chi connectivity index (χ2n) is 5.51. The van der Waals surface area contributed by atoms with E-state index >= 15 is 0 Å². The van der Waals surface area contributed by atoms with Crippen LogP contribution in [0, 0.1) is 0 Å². The summed E-state index contributed by atoms with van der Waals surface area (Å²) in [7, 11) is 0. The Bertz CT molecular complexity index is 535. The average molecular weight is 267 g/mol. The highest BCUT2D eigenvalue weighted by molar-refractivity contribution is 5.63. The maximum Gasteiger partial charge on any atom is 0.0587 e. The molecule has 0 radical (unpaired) electrons. The average Bonchev–Trinajstić information content (AvgIpc) is 2.96. The van der Waals surface area contributed by atoms with Gasteiger partial charge in [-0.1, -0.05) is 54.6 Å². The molecule has 1 atom stereocenters. The van der Waals surface area contributed by atoms with Crippen LogP contribution in [-0.2, 0) is 6.54 Å². The number of nitrogens with zero attached hydrogens (tertiary/aromatic N) is 1. The van der Waals surface area contributed by atoms with Crippen LogP contribution in [0.15, 0.2) is 54.6 Å². The second kappa shape index (κ2) is 6.21. The van der Waals surface area contributed by atoms with Crippen molar-refractivity contribution in [3.63, 3.8) is 0 Å². The molecule has 1 fully saturated rings. The molecule has 2 heteroatoms. The summed E-state index contributed by atoms with van der Waals surface area (Å²) in [5.74, 6) is 0. The van der Waals surface area contributed by atoms with Crippen molar-refractivity contribution in [1.82, 2.24) is 4.90 Å². The normalized spacial score (nSPS) is 19.4. The van der Waals surface area contributed by atoms with Gasteiger partial charge < -0.3 is 5.11 Å². The summed E-state index contributed by atoms with van der Waals surface area (Å²) in [6.07, 6.45) is 2.33. The Balaban J connectivity index is 1.70. The monoisotopic (exact) mass is 267 g/mol. The molecule has 1 unspecified atom stereocenters. The van der Waals surface area contributed by atoms with E-state index in [2.05, 4.69) is 53.4 Å². The van der Waals surface area contributed by atoms with Crippen molar-refractivity contribution in [3.8, 4) is 11.1 Å². The van der Waals surface area contributed by atoms with Crippen molar-refractivity contribution >= 4 is 0 Å². The van der Waals surface area contributed by atoms with Crippen molar-refractivity contribution in [2.24, 2.45) is 0 Å². The quantitative estimate of drug-likeness (QED) is 0.918.